The topological polar surface area (TPSA) is 88.0 Å². The molecule has 29 heavy (non-hydrogen) atoms. The van der Waals surface area contributed by atoms with Crippen molar-refractivity contribution in [3.63, 3.8) is 0 Å². The number of carbonyl (C=O) groups excluding carboxylic acids is 1. The fourth-order valence-corrected chi connectivity index (χ4v) is 4.41. The molecule has 0 atom stereocenters. The molecule has 0 aromatic carbocycles. The molecule has 1 aliphatic heterocycles. The van der Waals surface area contributed by atoms with E-state index in [4.69, 9.17) is 4.98 Å². The highest BCUT2D eigenvalue weighted by molar-refractivity contribution is 5.87. The van der Waals surface area contributed by atoms with E-state index in [0.29, 0.717) is 23.5 Å². The molecule has 1 aliphatic carbocycles. The summed E-state index contributed by atoms with van der Waals surface area (Å²) < 4.78 is 2.09. The van der Waals surface area contributed by atoms with Crippen LogP contribution in [0.1, 0.15) is 42.2 Å². The van der Waals surface area contributed by atoms with Gasteiger partial charge in [0.25, 0.3) is 0 Å². The summed E-state index contributed by atoms with van der Waals surface area (Å²) in [4.78, 5) is 27.6. The summed E-state index contributed by atoms with van der Waals surface area (Å²) in [5.41, 5.74) is 2.62. The number of nitrogens with one attached hydrogen (secondary N) is 2. The monoisotopic (exact) mass is 391 g/mol. The van der Waals surface area contributed by atoms with Crippen molar-refractivity contribution in [2.75, 3.05) is 36.4 Å². The number of aldehydes is 1. The smallest absolute Gasteiger partial charge is 0.230 e. The van der Waals surface area contributed by atoms with Gasteiger partial charge in [0.1, 0.15) is 11.5 Å². The van der Waals surface area contributed by atoms with E-state index >= 15 is 0 Å². The molecule has 4 heterocycles. The number of carbonyl (C=O) groups is 1. The third-order valence-electron chi connectivity index (χ3n) is 5.89. The molecular weight excluding hydrogens is 366 g/mol. The van der Waals surface area contributed by atoms with E-state index in [1.165, 1.54) is 12.8 Å². The van der Waals surface area contributed by atoms with Crippen molar-refractivity contribution in [3.8, 4) is 0 Å². The minimum absolute atomic E-state index is 0.340. The second-order valence-corrected chi connectivity index (χ2v) is 7.73. The lowest BCUT2D eigenvalue weighted by atomic mass is 10.2. The predicted molar refractivity (Wildman–Crippen MR) is 113 cm³/mol. The summed E-state index contributed by atoms with van der Waals surface area (Å²) in [6, 6.07) is 6.25. The second kappa shape index (κ2) is 7.79. The molecule has 0 radical (unpaired) electrons. The Kier molecular flexibility index (Phi) is 4.85. The first-order chi connectivity index (χ1) is 14.3. The van der Waals surface area contributed by atoms with Crippen molar-refractivity contribution in [1.82, 2.24) is 24.8 Å². The minimum atomic E-state index is 0.340. The van der Waals surface area contributed by atoms with Gasteiger partial charge in [-0.1, -0.05) is 12.8 Å². The van der Waals surface area contributed by atoms with Crippen molar-refractivity contribution < 1.29 is 4.79 Å². The van der Waals surface area contributed by atoms with Gasteiger partial charge in [-0.2, -0.15) is 4.98 Å². The van der Waals surface area contributed by atoms with Crippen LogP contribution in [-0.4, -0.2) is 52.0 Å². The molecule has 0 bridgehead atoms. The Bertz CT molecular complexity index is 1000. The van der Waals surface area contributed by atoms with Crippen LogP contribution in [0.4, 0.5) is 17.5 Å². The fourth-order valence-electron chi connectivity index (χ4n) is 4.41. The molecule has 5 rings (SSSR count). The van der Waals surface area contributed by atoms with Crippen LogP contribution in [0, 0.1) is 0 Å². The van der Waals surface area contributed by atoms with Crippen molar-refractivity contribution in [1.29, 1.82) is 0 Å². The Balaban J connectivity index is 1.40. The van der Waals surface area contributed by atoms with Gasteiger partial charge in [0.15, 0.2) is 6.29 Å². The Morgan fingerprint density at radius 2 is 1.93 bits per heavy atom. The van der Waals surface area contributed by atoms with Crippen LogP contribution in [0.15, 0.2) is 30.6 Å². The molecule has 1 saturated heterocycles. The molecule has 2 N–H and O–H groups in total. The molecule has 0 amide bonds. The number of pyridine rings is 1. The first-order valence-corrected chi connectivity index (χ1v) is 10.3. The number of nitrogens with zero attached hydrogens (tertiary/aromatic N) is 5. The normalized spacial score (nSPS) is 17.7. The minimum Gasteiger partial charge on any atom is -0.368 e. The molecular formula is C21H25N7O. The lowest BCUT2D eigenvalue weighted by Crippen LogP contribution is -2.43. The lowest BCUT2D eigenvalue weighted by Gasteiger charge is -2.29. The summed E-state index contributed by atoms with van der Waals surface area (Å²) in [5, 5.41) is 7.46. The van der Waals surface area contributed by atoms with Gasteiger partial charge < -0.3 is 20.1 Å². The van der Waals surface area contributed by atoms with Crippen LogP contribution < -0.4 is 15.5 Å². The molecule has 8 heteroatoms. The standard InChI is InChI=1S/C21H25N7O/c29-14-18-11-15-12-24-21(26-20(15)28(18)16-3-1-2-4-16)25-19-6-5-17(13-23-19)27-9-7-22-8-10-27/h5-6,11-14,16,22H,1-4,7-10H2,(H,23,24,25,26). The van der Waals surface area contributed by atoms with Crippen LogP contribution >= 0.6 is 0 Å². The molecule has 1 saturated carbocycles. The maximum Gasteiger partial charge on any atom is 0.230 e. The van der Waals surface area contributed by atoms with Gasteiger partial charge >= 0.3 is 0 Å². The summed E-state index contributed by atoms with van der Waals surface area (Å²) in [6.45, 7) is 3.98. The van der Waals surface area contributed by atoms with E-state index in [2.05, 4.69) is 36.1 Å². The number of aromatic nitrogens is 4. The number of rotatable bonds is 5. The van der Waals surface area contributed by atoms with Crippen LogP contribution in [-0.2, 0) is 0 Å². The average Bonchev–Trinajstić information content (AvgIpc) is 3.42. The van der Waals surface area contributed by atoms with Gasteiger partial charge in [0.2, 0.25) is 5.95 Å². The van der Waals surface area contributed by atoms with E-state index in [0.717, 1.165) is 62.0 Å². The third kappa shape index (κ3) is 3.55. The van der Waals surface area contributed by atoms with Gasteiger partial charge in [0.05, 0.1) is 17.6 Å². The summed E-state index contributed by atoms with van der Waals surface area (Å²) in [7, 11) is 0. The molecule has 3 aromatic heterocycles. The second-order valence-electron chi connectivity index (χ2n) is 7.73. The van der Waals surface area contributed by atoms with Gasteiger partial charge in [-0.15, -0.1) is 0 Å². The molecule has 8 nitrogen and oxygen atoms in total. The van der Waals surface area contributed by atoms with E-state index < -0.39 is 0 Å². The maximum atomic E-state index is 11.6. The van der Waals surface area contributed by atoms with Gasteiger partial charge in [-0.25, -0.2) is 9.97 Å². The molecule has 0 spiro atoms. The number of hydrogen-bond acceptors (Lipinski definition) is 7. The lowest BCUT2D eigenvalue weighted by molar-refractivity contribution is 0.111. The number of piperazine rings is 1. The molecule has 0 unspecified atom stereocenters. The SMILES string of the molecule is O=Cc1cc2cnc(Nc3ccc(N4CCNCC4)cn3)nc2n1C1CCCC1. The first-order valence-electron chi connectivity index (χ1n) is 10.3. The Labute approximate surface area is 169 Å². The molecule has 2 aliphatic rings. The Morgan fingerprint density at radius 3 is 2.66 bits per heavy atom. The Hall–Kier alpha value is -3.00. The van der Waals surface area contributed by atoms with Crippen molar-refractivity contribution >= 4 is 34.8 Å². The van der Waals surface area contributed by atoms with Crippen LogP contribution in [0.5, 0.6) is 0 Å². The predicted octanol–water partition coefficient (Wildman–Crippen LogP) is 2.91. The van der Waals surface area contributed by atoms with E-state index in [1.54, 1.807) is 6.20 Å². The van der Waals surface area contributed by atoms with Crippen molar-refractivity contribution in [2.45, 2.75) is 31.7 Å². The quantitative estimate of drug-likeness (QED) is 0.647. The number of hydrogen-bond donors (Lipinski definition) is 2. The number of fused-ring (bicyclic) bond motifs is 1. The zero-order valence-corrected chi connectivity index (χ0v) is 16.3. The largest absolute Gasteiger partial charge is 0.368 e. The van der Waals surface area contributed by atoms with E-state index in [9.17, 15) is 4.79 Å². The molecule has 3 aromatic rings. The summed E-state index contributed by atoms with van der Waals surface area (Å²) in [5.74, 6) is 1.20. The van der Waals surface area contributed by atoms with E-state index in [-0.39, 0.29) is 0 Å². The maximum absolute atomic E-state index is 11.6. The third-order valence-corrected chi connectivity index (χ3v) is 5.89. The highest BCUT2D eigenvalue weighted by Gasteiger charge is 2.22. The fraction of sp³-hybridized carbons (Fsp3) is 0.429. The average molecular weight is 391 g/mol. The van der Waals surface area contributed by atoms with Gasteiger partial charge in [-0.05, 0) is 31.0 Å². The van der Waals surface area contributed by atoms with Crippen LogP contribution in [0.2, 0.25) is 0 Å². The number of anilines is 3. The zero-order chi connectivity index (χ0) is 19.6. The zero-order valence-electron chi connectivity index (χ0n) is 16.3. The summed E-state index contributed by atoms with van der Waals surface area (Å²) in [6.07, 6.45) is 9.16. The highest BCUT2D eigenvalue weighted by Crippen LogP contribution is 2.34. The van der Waals surface area contributed by atoms with Crippen molar-refractivity contribution in [3.05, 3.63) is 36.3 Å². The van der Waals surface area contributed by atoms with Gasteiger partial charge in [-0.3, -0.25) is 4.79 Å². The molecule has 150 valence electrons. The van der Waals surface area contributed by atoms with Crippen LogP contribution in [0.3, 0.4) is 0 Å². The van der Waals surface area contributed by atoms with Crippen molar-refractivity contribution in [2.24, 2.45) is 0 Å². The Morgan fingerprint density at radius 1 is 1.10 bits per heavy atom. The van der Waals surface area contributed by atoms with Gasteiger partial charge in [0, 0.05) is 43.8 Å². The highest BCUT2D eigenvalue weighted by atomic mass is 16.1. The van der Waals surface area contributed by atoms with E-state index in [1.807, 2.05) is 18.3 Å². The summed E-state index contributed by atoms with van der Waals surface area (Å²) >= 11 is 0. The molecule has 2 fully saturated rings. The van der Waals surface area contributed by atoms with Crippen LogP contribution in [0.25, 0.3) is 11.0 Å². The first kappa shape index (κ1) is 18.1.